The van der Waals surface area contributed by atoms with E-state index in [0.717, 1.165) is 18.6 Å². The van der Waals surface area contributed by atoms with Crippen LogP contribution in [0.1, 0.15) is 52.4 Å². The maximum absolute atomic E-state index is 3.67. The van der Waals surface area contributed by atoms with Gasteiger partial charge in [-0.15, -0.1) is 0 Å². The van der Waals surface area contributed by atoms with Gasteiger partial charge in [0.2, 0.25) is 0 Å². The van der Waals surface area contributed by atoms with E-state index in [-0.39, 0.29) is 0 Å². The lowest BCUT2D eigenvalue weighted by molar-refractivity contribution is 0.183. The standard InChI is InChI=1S/C13H28N2/c1-4-11-15(3)13-10-8-6-7-9-12(13)14-5-2/h12-14H,4-11H2,1-3H3. The first-order valence-electron chi connectivity index (χ1n) is 6.73. The lowest BCUT2D eigenvalue weighted by Crippen LogP contribution is -2.48. The average Bonchev–Trinajstić information content (AvgIpc) is 2.44. The van der Waals surface area contributed by atoms with Gasteiger partial charge in [0.05, 0.1) is 0 Å². The van der Waals surface area contributed by atoms with E-state index in [0.29, 0.717) is 0 Å². The molecule has 0 saturated heterocycles. The molecule has 1 N–H and O–H groups in total. The Bertz CT molecular complexity index is 159. The minimum atomic E-state index is 0.731. The molecule has 0 bridgehead atoms. The smallest absolute Gasteiger partial charge is 0.0246 e. The third kappa shape index (κ3) is 4.12. The van der Waals surface area contributed by atoms with Crippen molar-refractivity contribution in [3.8, 4) is 0 Å². The molecule has 1 aliphatic rings. The average molecular weight is 212 g/mol. The van der Waals surface area contributed by atoms with Crippen molar-refractivity contribution in [3.63, 3.8) is 0 Å². The van der Waals surface area contributed by atoms with Crippen LogP contribution in [0.2, 0.25) is 0 Å². The number of hydrogen-bond donors (Lipinski definition) is 1. The van der Waals surface area contributed by atoms with Gasteiger partial charge in [0, 0.05) is 12.1 Å². The molecule has 0 heterocycles. The first kappa shape index (κ1) is 13.0. The maximum atomic E-state index is 3.67. The maximum Gasteiger partial charge on any atom is 0.0246 e. The molecule has 1 rings (SSSR count). The summed E-state index contributed by atoms with van der Waals surface area (Å²) in [5.41, 5.74) is 0. The van der Waals surface area contributed by atoms with Crippen LogP contribution in [0.15, 0.2) is 0 Å². The highest BCUT2D eigenvalue weighted by Crippen LogP contribution is 2.21. The lowest BCUT2D eigenvalue weighted by Gasteiger charge is -2.33. The van der Waals surface area contributed by atoms with Crippen LogP contribution >= 0.6 is 0 Å². The predicted octanol–water partition coefficient (Wildman–Crippen LogP) is 2.64. The molecule has 0 aromatic carbocycles. The van der Waals surface area contributed by atoms with Crippen LogP contribution in [0.4, 0.5) is 0 Å². The van der Waals surface area contributed by atoms with E-state index >= 15 is 0 Å². The molecular weight excluding hydrogens is 184 g/mol. The molecule has 1 saturated carbocycles. The van der Waals surface area contributed by atoms with Gasteiger partial charge >= 0.3 is 0 Å². The fraction of sp³-hybridized carbons (Fsp3) is 1.00. The van der Waals surface area contributed by atoms with Gasteiger partial charge in [-0.25, -0.2) is 0 Å². The van der Waals surface area contributed by atoms with Gasteiger partial charge in [-0.05, 0) is 39.4 Å². The zero-order chi connectivity index (χ0) is 11.1. The predicted molar refractivity (Wildman–Crippen MR) is 67.3 cm³/mol. The van der Waals surface area contributed by atoms with Crippen LogP contribution < -0.4 is 5.32 Å². The molecule has 0 amide bonds. The third-order valence-corrected chi connectivity index (χ3v) is 3.59. The summed E-state index contributed by atoms with van der Waals surface area (Å²) in [7, 11) is 2.30. The molecule has 15 heavy (non-hydrogen) atoms. The zero-order valence-electron chi connectivity index (χ0n) is 10.8. The van der Waals surface area contributed by atoms with Gasteiger partial charge in [0.15, 0.2) is 0 Å². The zero-order valence-corrected chi connectivity index (χ0v) is 10.8. The minimum absolute atomic E-state index is 0.731. The van der Waals surface area contributed by atoms with Gasteiger partial charge in [-0.1, -0.05) is 33.1 Å². The largest absolute Gasteiger partial charge is 0.313 e. The summed E-state index contributed by atoms with van der Waals surface area (Å²) >= 11 is 0. The van der Waals surface area contributed by atoms with E-state index < -0.39 is 0 Å². The Kier molecular flexibility index (Phi) is 6.26. The molecular formula is C13H28N2. The van der Waals surface area contributed by atoms with Crippen LogP contribution in [0.3, 0.4) is 0 Å². The van der Waals surface area contributed by atoms with Crippen LogP contribution in [0.25, 0.3) is 0 Å². The minimum Gasteiger partial charge on any atom is -0.313 e. The van der Waals surface area contributed by atoms with Crippen LogP contribution in [-0.2, 0) is 0 Å². The number of nitrogens with one attached hydrogen (secondary N) is 1. The number of nitrogens with zero attached hydrogens (tertiary/aromatic N) is 1. The summed E-state index contributed by atoms with van der Waals surface area (Å²) in [6.45, 7) is 6.85. The molecule has 2 nitrogen and oxygen atoms in total. The monoisotopic (exact) mass is 212 g/mol. The Morgan fingerprint density at radius 3 is 2.53 bits per heavy atom. The summed E-state index contributed by atoms with van der Waals surface area (Å²) in [5, 5.41) is 3.67. The molecule has 90 valence electrons. The molecule has 0 aromatic heterocycles. The molecule has 0 aliphatic heterocycles. The molecule has 0 radical (unpaired) electrons. The van der Waals surface area contributed by atoms with Crippen LogP contribution in [-0.4, -0.2) is 37.1 Å². The van der Waals surface area contributed by atoms with E-state index in [4.69, 9.17) is 0 Å². The number of hydrogen-bond acceptors (Lipinski definition) is 2. The van der Waals surface area contributed by atoms with Crippen molar-refractivity contribution in [3.05, 3.63) is 0 Å². The Balaban J connectivity index is 2.52. The van der Waals surface area contributed by atoms with Gasteiger partial charge in [0.25, 0.3) is 0 Å². The molecule has 2 heteroatoms. The van der Waals surface area contributed by atoms with Crippen molar-refractivity contribution >= 4 is 0 Å². The second-order valence-electron chi connectivity index (χ2n) is 4.85. The van der Waals surface area contributed by atoms with E-state index in [1.165, 1.54) is 45.1 Å². The highest BCUT2D eigenvalue weighted by atomic mass is 15.2. The fourth-order valence-corrected chi connectivity index (χ4v) is 2.83. The molecule has 2 atom stereocenters. The van der Waals surface area contributed by atoms with Gasteiger partial charge < -0.3 is 10.2 Å². The summed E-state index contributed by atoms with van der Waals surface area (Å²) < 4.78 is 0. The molecule has 0 spiro atoms. The number of rotatable bonds is 5. The van der Waals surface area contributed by atoms with Crippen LogP contribution in [0, 0.1) is 0 Å². The van der Waals surface area contributed by atoms with Crippen molar-refractivity contribution < 1.29 is 0 Å². The Hall–Kier alpha value is -0.0800. The van der Waals surface area contributed by atoms with Gasteiger partial charge in [-0.2, -0.15) is 0 Å². The molecule has 2 unspecified atom stereocenters. The third-order valence-electron chi connectivity index (χ3n) is 3.59. The first-order chi connectivity index (χ1) is 7.29. The summed E-state index contributed by atoms with van der Waals surface area (Å²) in [5.74, 6) is 0. The highest BCUT2D eigenvalue weighted by Gasteiger charge is 2.25. The Morgan fingerprint density at radius 2 is 1.87 bits per heavy atom. The second-order valence-corrected chi connectivity index (χ2v) is 4.85. The SMILES string of the molecule is CCCN(C)C1CCCCCC1NCC. The van der Waals surface area contributed by atoms with Crippen molar-refractivity contribution in [1.82, 2.24) is 10.2 Å². The normalized spacial score (nSPS) is 28.0. The summed E-state index contributed by atoms with van der Waals surface area (Å²) in [6, 6.07) is 1.50. The Labute approximate surface area is 95.4 Å². The summed E-state index contributed by atoms with van der Waals surface area (Å²) in [4.78, 5) is 2.57. The van der Waals surface area contributed by atoms with Crippen molar-refractivity contribution in [2.75, 3.05) is 20.1 Å². The first-order valence-corrected chi connectivity index (χ1v) is 6.73. The highest BCUT2D eigenvalue weighted by molar-refractivity contribution is 4.85. The quantitative estimate of drug-likeness (QED) is 0.705. The van der Waals surface area contributed by atoms with Crippen LogP contribution in [0.5, 0.6) is 0 Å². The molecule has 1 aliphatic carbocycles. The lowest BCUT2D eigenvalue weighted by atomic mass is 10.0. The topological polar surface area (TPSA) is 15.3 Å². The van der Waals surface area contributed by atoms with Crippen molar-refractivity contribution in [1.29, 1.82) is 0 Å². The van der Waals surface area contributed by atoms with Gasteiger partial charge in [-0.3, -0.25) is 0 Å². The summed E-state index contributed by atoms with van der Waals surface area (Å²) in [6.07, 6.45) is 8.28. The van der Waals surface area contributed by atoms with E-state index in [9.17, 15) is 0 Å². The Morgan fingerprint density at radius 1 is 1.13 bits per heavy atom. The van der Waals surface area contributed by atoms with Crippen molar-refractivity contribution in [2.45, 2.75) is 64.5 Å². The van der Waals surface area contributed by atoms with Gasteiger partial charge in [0.1, 0.15) is 0 Å². The second kappa shape index (κ2) is 7.24. The van der Waals surface area contributed by atoms with Crippen molar-refractivity contribution in [2.24, 2.45) is 0 Å². The molecule has 0 aromatic rings. The number of likely N-dealkylation sites (N-methyl/N-ethyl adjacent to an activating group) is 2. The fourth-order valence-electron chi connectivity index (χ4n) is 2.83. The van der Waals surface area contributed by atoms with E-state index in [1.807, 2.05) is 0 Å². The molecule has 1 fully saturated rings. The van der Waals surface area contributed by atoms with E-state index in [1.54, 1.807) is 0 Å². The van der Waals surface area contributed by atoms with E-state index in [2.05, 4.69) is 31.1 Å².